The zero-order chi connectivity index (χ0) is 14.4. The van der Waals surface area contributed by atoms with Gasteiger partial charge in [0.05, 0.1) is 9.88 Å². The van der Waals surface area contributed by atoms with E-state index >= 15 is 0 Å². The molecule has 0 fully saturated rings. The van der Waals surface area contributed by atoms with Gasteiger partial charge in [-0.15, -0.1) is 11.3 Å². The monoisotopic (exact) mass is 288 g/mol. The summed E-state index contributed by atoms with van der Waals surface area (Å²) in [4.78, 5) is 17.0. The highest BCUT2D eigenvalue weighted by molar-refractivity contribution is 7.15. The standard InChI is InChI=1S/C16H20N2OS/c1-3-7-16-18-11-14(20-16)13-9-6-5-8-12(13)10-17-15(19)4-2/h5-6,8-9,11H,3-4,7,10H2,1-2H3,(H,17,19). The van der Waals surface area contributed by atoms with Crippen molar-refractivity contribution >= 4 is 17.2 Å². The Labute approximate surface area is 124 Å². The first-order valence-corrected chi connectivity index (χ1v) is 7.86. The average Bonchev–Trinajstić information content (AvgIpc) is 2.94. The van der Waals surface area contributed by atoms with Crippen LogP contribution in [0.3, 0.4) is 0 Å². The highest BCUT2D eigenvalue weighted by atomic mass is 32.1. The van der Waals surface area contributed by atoms with Gasteiger partial charge in [-0.2, -0.15) is 0 Å². The number of carbonyl (C=O) groups is 1. The van der Waals surface area contributed by atoms with Gasteiger partial charge in [-0.1, -0.05) is 38.1 Å². The first kappa shape index (κ1) is 14.7. The summed E-state index contributed by atoms with van der Waals surface area (Å²) in [6, 6.07) is 8.19. The molecule has 0 spiro atoms. The van der Waals surface area contributed by atoms with Crippen molar-refractivity contribution in [3.05, 3.63) is 41.0 Å². The molecule has 1 aromatic heterocycles. The second-order valence-corrected chi connectivity index (χ2v) is 5.77. The van der Waals surface area contributed by atoms with Crippen LogP contribution in [0.5, 0.6) is 0 Å². The van der Waals surface area contributed by atoms with Crippen molar-refractivity contribution in [3.63, 3.8) is 0 Å². The normalized spacial score (nSPS) is 10.5. The van der Waals surface area contributed by atoms with E-state index in [1.807, 2.05) is 25.3 Å². The van der Waals surface area contributed by atoms with Gasteiger partial charge < -0.3 is 5.32 Å². The number of nitrogens with one attached hydrogen (secondary N) is 1. The molecule has 4 heteroatoms. The lowest BCUT2D eigenvalue weighted by molar-refractivity contribution is -0.120. The van der Waals surface area contributed by atoms with Gasteiger partial charge in [0.25, 0.3) is 0 Å². The van der Waals surface area contributed by atoms with Crippen LogP contribution in [0.15, 0.2) is 30.5 Å². The van der Waals surface area contributed by atoms with Crippen molar-refractivity contribution in [3.8, 4) is 10.4 Å². The molecule has 0 radical (unpaired) electrons. The van der Waals surface area contributed by atoms with E-state index in [0.717, 1.165) is 18.4 Å². The zero-order valence-electron chi connectivity index (χ0n) is 12.0. The van der Waals surface area contributed by atoms with E-state index < -0.39 is 0 Å². The van der Waals surface area contributed by atoms with E-state index in [4.69, 9.17) is 0 Å². The van der Waals surface area contributed by atoms with Gasteiger partial charge in [-0.25, -0.2) is 4.98 Å². The van der Waals surface area contributed by atoms with E-state index in [-0.39, 0.29) is 5.91 Å². The first-order chi connectivity index (χ1) is 9.74. The van der Waals surface area contributed by atoms with Crippen LogP contribution in [0.4, 0.5) is 0 Å². The summed E-state index contributed by atoms with van der Waals surface area (Å²) in [6.45, 7) is 4.60. The Hall–Kier alpha value is -1.68. The molecule has 0 saturated carbocycles. The molecule has 0 atom stereocenters. The maximum Gasteiger partial charge on any atom is 0.219 e. The topological polar surface area (TPSA) is 42.0 Å². The van der Waals surface area contributed by atoms with Crippen LogP contribution in [-0.2, 0) is 17.8 Å². The maximum absolute atomic E-state index is 11.4. The molecule has 2 aromatic rings. The molecule has 0 unspecified atom stereocenters. The summed E-state index contributed by atoms with van der Waals surface area (Å²) in [6.07, 6.45) is 4.60. The highest BCUT2D eigenvalue weighted by Gasteiger charge is 2.09. The number of amides is 1. The SMILES string of the molecule is CCCc1ncc(-c2ccccc2CNC(=O)CC)s1. The lowest BCUT2D eigenvalue weighted by Crippen LogP contribution is -2.21. The molecule has 1 heterocycles. The molecular formula is C16H20N2OS. The Kier molecular flexibility index (Phi) is 5.30. The smallest absolute Gasteiger partial charge is 0.219 e. The summed E-state index contributed by atoms with van der Waals surface area (Å²) in [5.41, 5.74) is 2.31. The van der Waals surface area contributed by atoms with Crippen LogP contribution in [-0.4, -0.2) is 10.9 Å². The molecular weight excluding hydrogens is 268 g/mol. The van der Waals surface area contributed by atoms with Crippen LogP contribution in [0.25, 0.3) is 10.4 Å². The van der Waals surface area contributed by atoms with Gasteiger partial charge in [0, 0.05) is 19.2 Å². The predicted octanol–water partition coefficient (Wildman–Crippen LogP) is 3.79. The molecule has 0 bridgehead atoms. The number of rotatable bonds is 6. The molecule has 106 valence electrons. The minimum atomic E-state index is 0.0794. The first-order valence-electron chi connectivity index (χ1n) is 7.04. The number of nitrogens with zero attached hydrogens (tertiary/aromatic N) is 1. The number of hydrogen-bond acceptors (Lipinski definition) is 3. The number of hydrogen-bond donors (Lipinski definition) is 1. The fourth-order valence-electron chi connectivity index (χ4n) is 2.00. The predicted molar refractivity (Wildman–Crippen MR) is 83.7 cm³/mol. The molecule has 20 heavy (non-hydrogen) atoms. The van der Waals surface area contributed by atoms with Crippen LogP contribution in [0.1, 0.15) is 37.3 Å². The molecule has 0 aliphatic heterocycles. The zero-order valence-corrected chi connectivity index (χ0v) is 12.8. The van der Waals surface area contributed by atoms with Crippen molar-refractivity contribution < 1.29 is 4.79 Å². The van der Waals surface area contributed by atoms with Gasteiger partial charge in [0.2, 0.25) is 5.91 Å². The molecule has 1 amide bonds. The number of aryl methyl sites for hydroxylation is 1. The van der Waals surface area contributed by atoms with E-state index in [1.165, 1.54) is 15.4 Å². The summed E-state index contributed by atoms with van der Waals surface area (Å²) >= 11 is 1.74. The minimum absolute atomic E-state index is 0.0794. The Morgan fingerprint density at radius 2 is 2.10 bits per heavy atom. The fourth-order valence-corrected chi connectivity index (χ4v) is 3.08. The summed E-state index contributed by atoms with van der Waals surface area (Å²) in [5.74, 6) is 0.0794. The molecule has 1 aromatic carbocycles. The minimum Gasteiger partial charge on any atom is -0.352 e. The molecule has 0 saturated heterocycles. The fraction of sp³-hybridized carbons (Fsp3) is 0.375. The van der Waals surface area contributed by atoms with Gasteiger partial charge in [0.1, 0.15) is 0 Å². The lowest BCUT2D eigenvalue weighted by Gasteiger charge is -2.08. The van der Waals surface area contributed by atoms with Gasteiger partial charge in [-0.05, 0) is 24.0 Å². The molecule has 0 aliphatic rings. The van der Waals surface area contributed by atoms with Crippen molar-refractivity contribution in [2.24, 2.45) is 0 Å². The molecule has 1 N–H and O–H groups in total. The van der Waals surface area contributed by atoms with Gasteiger partial charge in [0.15, 0.2) is 0 Å². The summed E-state index contributed by atoms with van der Waals surface area (Å²) < 4.78 is 0. The Morgan fingerprint density at radius 1 is 1.30 bits per heavy atom. The van der Waals surface area contributed by atoms with Crippen LogP contribution < -0.4 is 5.32 Å². The Morgan fingerprint density at radius 3 is 2.85 bits per heavy atom. The van der Waals surface area contributed by atoms with Crippen LogP contribution in [0, 0.1) is 0 Å². The van der Waals surface area contributed by atoms with Crippen molar-refractivity contribution in [2.75, 3.05) is 0 Å². The second kappa shape index (κ2) is 7.20. The molecule has 0 aliphatic carbocycles. The van der Waals surface area contributed by atoms with Crippen molar-refractivity contribution in [2.45, 2.75) is 39.7 Å². The highest BCUT2D eigenvalue weighted by Crippen LogP contribution is 2.29. The number of carbonyl (C=O) groups excluding carboxylic acids is 1. The maximum atomic E-state index is 11.4. The van der Waals surface area contributed by atoms with Gasteiger partial charge >= 0.3 is 0 Å². The third-order valence-electron chi connectivity index (χ3n) is 3.10. The lowest BCUT2D eigenvalue weighted by atomic mass is 10.1. The molecule has 2 rings (SSSR count). The quantitative estimate of drug-likeness (QED) is 0.878. The largest absolute Gasteiger partial charge is 0.352 e. The van der Waals surface area contributed by atoms with E-state index in [1.54, 1.807) is 11.3 Å². The molecule has 3 nitrogen and oxygen atoms in total. The average molecular weight is 288 g/mol. The van der Waals surface area contributed by atoms with E-state index in [0.29, 0.717) is 13.0 Å². The third kappa shape index (κ3) is 3.67. The third-order valence-corrected chi connectivity index (χ3v) is 4.19. The number of aromatic nitrogens is 1. The van der Waals surface area contributed by atoms with Crippen LogP contribution >= 0.6 is 11.3 Å². The Balaban J connectivity index is 2.19. The van der Waals surface area contributed by atoms with E-state index in [2.05, 4.69) is 29.4 Å². The summed E-state index contributed by atoms with van der Waals surface area (Å²) in [5, 5.41) is 4.11. The van der Waals surface area contributed by atoms with Crippen molar-refractivity contribution in [1.82, 2.24) is 10.3 Å². The van der Waals surface area contributed by atoms with Crippen LogP contribution in [0.2, 0.25) is 0 Å². The van der Waals surface area contributed by atoms with E-state index in [9.17, 15) is 4.79 Å². The number of benzene rings is 1. The summed E-state index contributed by atoms with van der Waals surface area (Å²) in [7, 11) is 0. The Bertz CT molecular complexity index is 577. The van der Waals surface area contributed by atoms with Crippen molar-refractivity contribution in [1.29, 1.82) is 0 Å². The second-order valence-electron chi connectivity index (χ2n) is 4.66. The van der Waals surface area contributed by atoms with Gasteiger partial charge in [-0.3, -0.25) is 4.79 Å². The number of thiazole rings is 1.